The molecule has 2 N–H and O–H groups in total. The van der Waals surface area contributed by atoms with Gasteiger partial charge in [-0.3, -0.25) is 9.59 Å². The van der Waals surface area contributed by atoms with E-state index in [1.54, 1.807) is 13.1 Å². The summed E-state index contributed by atoms with van der Waals surface area (Å²) in [7, 11) is 3.17. The molecule has 1 rings (SSSR count). The fraction of sp³-hybridized carbons (Fsp3) is 0.467. The number of ether oxygens (including phenoxy) is 1. The Hall–Kier alpha value is -1.88. The summed E-state index contributed by atoms with van der Waals surface area (Å²) in [4.78, 5) is 23.1. The summed E-state index contributed by atoms with van der Waals surface area (Å²) in [6.45, 7) is 3.88. The van der Waals surface area contributed by atoms with Crippen molar-refractivity contribution < 1.29 is 19.4 Å². The zero-order chi connectivity index (χ0) is 15.3. The zero-order valence-electron chi connectivity index (χ0n) is 12.3. The Labute approximate surface area is 118 Å². The van der Waals surface area contributed by atoms with Crippen molar-refractivity contribution in [3.05, 3.63) is 28.8 Å². The summed E-state index contributed by atoms with van der Waals surface area (Å²) in [6, 6.07) is 3.09. The molecule has 110 valence electrons. The number of carbonyl (C=O) groups is 2. The first kappa shape index (κ1) is 16.2. The number of ketones is 1. The predicted molar refractivity (Wildman–Crippen MR) is 76.5 cm³/mol. The minimum absolute atomic E-state index is 0.0512. The third kappa shape index (κ3) is 3.81. The molecule has 1 unspecified atom stereocenters. The van der Waals surface area contributed by atoms with Gasteiger partial charge in [-0.25, -0.2) is 0 Å². The molecule has 0 fully saturated rings. The van der Waals surface area contributed by atoms with Crippen molar-refractivity contribution in [3.8, 4) is 5.75 Å². The maximum absolute atomic E-state index is 12.5. The van der Waals surface area contributed by atoms with Crippen molar-refractivity contribution >= 4 is 11.8 Å². The highest BCUT2D eigenvalue weighted by molar-refractivity contribution is 6.02. The van der Waals surface area contributed by atoms with Gasteiger partial charge in [0.2, 0.25) is 0 Å². The van der Waals surface area contributed by atoms with Gasteiger partial charge in [0.25, 0.3) is 0 Å². The molecule has 0 aromatic heterocycles. The maximum atomic E-state index is 12.5. The van der Waals surface area contributed by atoms with Crippen LogP contribution in [0.1, 0.15) is 34.3 Å². The summed E-state index contributed by atoms with van der Waals surface area (Å²) >= 11 is 0. The Kier molecular flexibility index (Phi) is 5.70. The van der Waals surface area contributed by atoms with Crippen molar-refractivity contribution in [1.82, 2.24) is 5.32 Å². The molecule has 0 aliphatic heterocycles. The van der Waals surface area contributed by atoms with Gasteiger partial charge < -0.3 is 15.2 Å². The van der Waals surface area contributed by atoms with Crippen LogP contribution in [-0.2, 0) is 4.79 Å². The maximum Gasteiger partial charge on any atom is 0.303 e. The number of nitrogens with one attached hydrogen (secondary N) is 1. The van der Waals surface area contributed by atoms with Crippen molar-refractivity contribution in [2.24, 2.45) is 0 Å². The first-order valence-electron chi connectivity index (χ1n) is 6.49. The third-order valence-corrected chi connectivity index (χ3v) is 3.39. The van der Waals surface area contributed by atoms with Gasteiger partial charge in [0.15, 0.2) is 5.78 Å². The summed E-state index contributed by atoms with van der Waals surface area (Å²) in [5, 5.41) is 11.6. The fourth-order valence-electron chi connectivity index (χ4n) is 2.01. The minimum atomic E-state index is -0.912. The second kappa shape index (κ2) is 7.05. The van der Waals surface area contributed by atoms with E-state index in [0.717, 1.165) is 11.1 Å². The van der Waals surface area contributed by atoms with Gasteiger partial charge in [0, 0.05) is 6.42 Å². The van der Waals surface area contributed by atoms with Crippen molar-refractivity contribution in [1.29, 1.82) is 0 Å². The number of benzene rings is 1. The molecule has 0 heterocycles. The van der Waals surface area contributed by atoms with Gasteiger partial charge in [-0.15, -0.1) is 0 Å². The van der Waals surface area contributed by atoms with Crippen LogP contribution in [0.5, 0.6) is 5.75 Å². The lowest BCUT2D eigenvalue weighted by Gasteiger charge is -2.17. The highest BCUT2D eigenvalue weighted by Crippen LogP contribution is 2.25. The van der Waals surface area contributed by atoms with Crippen molar-refractivity contribution in [3.63, 3.8) is 0 Å². The molecular weight excluding hydrogens is 258 g/mol. The molecule has 20 heavy (non-hydrogen) atoms. The molecule has 0 aliphatic carbocycles. The number of aryl methyl sites for hydroxylation is 2. The molecule has 0 radical (unpaired) electrons. The number of hydrogen-bond donors (Lipinski definition) is 2. The monoisotopic (exact) mass is 279 g/mol. The molecular formula is C15H21NO4. The van der Waals surface area contributed by atoms with E-state index in [9.17, 15) is 9.59 Å². The van der Waals surface area contributed by atoms with Crippen LogP contribution in [0.3, 0.4) is 0 Å². The number of carboxylic acid groups (broad SMARTS) is 1. The van der Waals surface area contributed by atoms with Crippen LogP contribution in [0, 0.1) is 13.8 Å². The average Bonchev–Trinajstić information content (AvgIpc) is 2.41. The van der Waals surface area contributed by atoms with E-state index in [2.05, 4.69) is 5.32 Å². The summed E-state index contributed by atoms with van der Waals surface area (Å²) < 4.78 is 5.26. The predicted octanol–water partition coefficient (Wildman–Crippen LogP) is 1.95. The molecule has 0 saturated carbocycles. The lowest BCUT2D eigenvalue weighted by atomic mass is 9.96. The normalized spacial score (nSPS) is 12.0. The molecule has 1 aromatic carbocycles. The Morgan fingerprint density at radius 1 is 1.30 bits per heavy atom. The van der Waals surface area contributed by atoms with Crippen LogP contribution in [0.2, 0.25) is 0 Å². The summed E-state index contributed by atoms with van der Waals surface area (Å²) in [5.74, 6) is -0.535. The number of aliphatic carboxylic acids is 1. The SMILES string of the molecule is CNC(CCC(=O)O)C(=O)c1cc(C)c(C)cc1OC. The van der Waals surface area contributed by atoms with E-state index in [1.165, 1.54) is 7.11 Å². The number of carbonyl (C=O) groups excluding carboxylic acids is 1. The Morgan fingerprint density at radius 3 is 2.40 bits per heavy atom. The van der Waals surface area contributed by atoms with E-state index >= 15 is 0 Å². The van der Waals surface area contributed by atoms with Gasteiger partial charge in [0.1, 0.15) is 5.75 Å². The van der Waals surface area contributed by atoms with Gasteiger partial charge in [-0.2, -0.15) is 0 Å². The number of Topliss-reactive ketones (excluding diaryl/α,β-unsaturated/α-hetero) is 1. The summed E-state index contributed by atoms with van der Waals surface area (Å²) in [5.41, 5.74) is 2.53. The number of likely N-dealkylation sites (N-methyl/N-ethyl adjacent to an activating group) is 1. The molecule has 5 heteroatoms. The number of rotatable bonds is 7. The fourth-order valence-corrected chi connectivity index (χ4v) is 2.01. The molecule has 1 atom stereocenters. The van der Waals surface area contributed by atoms with E-state index < -0.39 is 12.0 Å². The minimum Gasteiger partial charge on any atom is -0.496 e. The van der Waals surface area contributed by atoms with Crippen LogP contribution in [0.4, 0.5) is 0 Å². The first-order valence-corrected chi connectivity index (χ1v) is 6.49. The molecule has 5 nitrogen and oxygen atoms in total. The van der Waals surface area contributed by atoms with Gasteiger partial charge in [-0.1, -0.05) is 0 Å². The number of hydrogen-bond acceptors (Lipinski definition) is 4. The lowest BCUT2D eigenvalue weighted by molar-refractivity contribution is -0.137. The molecule has 0 aliphatic rings. The van der Waals surface area contributed by atoms with Crippen molar-refractivity contribution in [2.45, 2.75) is 32.7 Å². The third-order valence-electron chi connectivity index (χ3n) is 3.39. The van der Waals surface area contributed by atoms with Crippen LogP contribution in [-0.4, -0.2) is 37.1 Å². The second-order valence-corrected chi connectivity index (χ2v) is 4.77. The average molecular weight is 279 g/mol. The lowest BCUT2D eigenvalue weighted by Crippen LogP contribution is -2.34. The van der Waals surface area contributed by atoms with Crippen LogP contribution >= 0.6 is 0 Å². The van der Waals surface area contributed by atoms with E-state index in [1.807, 2.05) is 19.9 Å². The Balaban J connectivity index is 3.05. The van der Waals surface area contributed by atoms with E-state index in [4.69, 9.17) is 9.84 Å². The van der Waals surface area contributed by atoms with Gasteiger partial charge in [-0.05, 0) is 50.6 Å². The molecule has 0 saturated heterocycles. The Morgan fingerprint density at radius 2 is 1.90 bits per heavy atom. The van der Waals surface area contributed by atoms with E-state index in [-0.39, 0.29) is 18.6 Å². The standard InChI is InChI=1S/C15H21NO4/c1-9-7-11(13(20-4)8-10(9)2)15(19)12(16-3)5-6-14(17)18/h7-8,12,16H,5-6H2,1-4H3,(H,17,18). The van der Waals surface area contributed by atoms with Gasteiger partial charge >= 0.3 is 5.97 Å². The second-order valence-electron chi connectivity index (χ2n) is 4.77. The molecule has 0 bridgehead atoms. The Bertz CT molecular complexity index is 511. The van der Waals surface area contributed by atoms with Gasteiger partial charge in [0.05, 0.1) is 18.7 Å². The smallest absolute Gasteiger partial charge is 0.303 e. The van der Waals surface area contributed by atoms with Crippen LogP contribution in [0.25, 0.3) is 0 Å². The van der Waals surface area contributed by atoms with Crippen LogP contribution < -0.4 is 10.1 Å². The summed E-state index contributed by atoms with van der Waals surface area (Å²) in [6.07, 6.45) is 0.200. The number of methoxy groups -OCH3 is 1. The number of carboxylic acids is 1. The molecule has 0 amide bonds. The molecule has 1 aromatic rings. The highest BCUT2D eigenvalue weighted by atomic mass is 16.5. The largest absolute Gasteiger partial charge is 0.496 e. The highest BCUT2D eigenvalue weighted by Gasteiger charge is 2.23. The van der Waals surface area contributed by atoms with E-state index in [0.29, 0.717) is 11.3 Å². The topological polar surface area (TPSA) is 75.6 Å². The first-order chi connectivity index (χ1) is 9.40. The zero-order valence-corrected chi connectivity index (χ0v) is 12.3. The van der Waals surface area contributed by atoms with Crippen LogP contribution in [0.15, 0.2) is 12.1 Å². The quantitative estimate of drug-likeness (QED) is 0.746. The molecule has 0 spiro atoms. The van der Waals surface area contributed by atoms with Crippen molar-refractivity contribution in [2.75, 3.05) is 14.2 Å².